The van der Waals surface area contributed by atoms with Crippen LogP contribution in [0, 0.1) is 18.7 Å². The molecular weight excluding hydrogens is 225 g/mol. The summed E-state index contributed by atoms with van der Waals surface area (Å²) in [6.07, 6.45) is -0.0225. The van der Waals surface area contributed by atoms with E-state index >= 15 is 0 Å². The summed E-state index contributed by atoms with van der Waals surface area (Å²) in [7, 11) is 0. The highest BCUT2D eigenvalue weighted by molar-refractivity contribution is 5.99. The number of carbonyl (C=O) groups excluding carboxylic acids is 1. The molecular formula is C12H12FNO3. The molecule has 1 aromatic rings. The minimum Gasteiger partial charge on any atom is -0.481 e. The van der Waals surface area contributed by atoms with Gasteiger partial charge in [0.15, 0.2) is 0 Å². The number of hydrogen-bond donors (Lipinski definition) is 1. The average Bonchev–Trinajstić information content (AvgIpc) is 2.65. The maximum Gasteiger partial charge on any atom is 0.308 e. The van der Waals surface area contributed by atoms with Gasteiger partial charge >= 0.3 is 5.97 Å². The Kier molecular flexibility index (Phi) is 2.83. The lowest BCUT2D eigenvalue weighted by atomic mass is 10.1. The monoisotopic (exact) mass is 237 g/mol. The Morgan fingerprint density at radius 1 is 1.53 bits per heavy atom. The number of amides is 1. The predicted octanol–water partition coefficient (Wildman–Crippen LogP) is 1.57. The number of carbonyl (C=O) groups is 2. The zero-order valence-corrected chi connectivity index (χ0v) is 9.31. The van der Waals surface area contributed by atoms with Crippen molar-refractivity contribution in [2.75, 3.05) is 11.4 Å². The lowest BCUT2D eigenvalue weighted by Crippen LogP contribution is -2.26. The molecule has 1 atom stereocenters. The van der Waals surface area contributed by atoms with Gasteiger partial charge in [0, 0.05) is 24.2 Å². The number of anilines is 1. The Morgan fingerprint density at radius 3 is 2.82 bits per heavy atom. The number of rotatable bonds is 2. The van der Waals surface area contributed by atoms with Gasteiger partial charge in [0.05, 0.1) is 5.92 Å². The molecule has 1 aromatic carbocycles. The Bertz CT molecular complexity index is 487. The lowest BCUT2D eigenvalue weighted by Gasteiger charge is -2.18. The maximum absolute atomic E-state index is 13.4. The number of nitrogens with zero attached hydrogens (tertiary/aromatic N) is 1. The third-order valence-corrected chi connectivity index (χ3v) is 3.00. The minimum absolute atomic E-state index is 0.0225. The first-order chi connectivity index (χ1) is 8.00. The van der Waals surface area contributed by atoms with E-state index in [9.17, 15) is 14.0 Å². The van der Waals surface area contributed by atoms with Crippen molar-refractivity contribution in [2.45, 2.75) is 13.3 Å². The van der Waals surface area contributed by atoms with E-state index < -0.39 is 17.7 Å². The summed E-state index contributed by atoms with van der Waals surface area (Å²) in [5, 5.41) is 8.87. The quantitative estimate of drug-likeness (QED) is 0.849. The summed E-state index contributed by atoms with van der Waals surface area (Å²) < 4.78 is 13.4. The molecule has 1 amide bonds. The summed E-state index contributed by atoms with van der Waals surface area (Å²) in [6.45, 7) is 1.69. The number of hydrogen-bond acceptors (Lipinski definition) is 2. The second-order valence-electron chi connectivity index (χ2n) is 4.13. The molecule has 1 N–H and O–H groups in total. The molecule has 17 heavy (non-hydrogen) atoms. The smallest absolute Gasteiger partial charge is 0.308 e. The molecule has 5 heteroatoms. The van der Waals surface area contributed by atoms with Crippen LogP contribution in [-0.2, 0) is 9.59 Å². The average molecular weight is 237 g/mol. The standard InChI is InChI=1S/C12H12FNO3/c1-7-9(13)3-2-4-10(7)14-6-8(12(16)17)5-11(14)15/h2-4,8H,5-6H2,1H3,(H,16,17). The molecule has 2 rings (SSSR count). The Balaban J connectivity index is 2.32. The van der Waals surface area contributed by atoms with E-state index in [4.69, 9.17) is 5.11 Å². The Hall–Kier alpha value is -1.91. The van der Waals surface area contributed by atoms with Crippen LogP contribution in [0.4, 0.5) is 10.1 Å². The van der Waals surface area contributed by atoms with Crippen LogP contribution >= 0.6 is 0 Å². The topological polar surface area (TPSA) is 57.6 Å². The molecule has 0 bridgehead atoms. The molecule has 1 aliphatic heterocycles. The molecule has 90 valence electrons. The van der Waals surface area contributed by atoms with Gasteiger partial charge in [-0.15, -0.1) is 0 Å². The van der Waals surface area contributed by atoms with E-state index in [1.165, 1.54) is 17.0 Å². The molecule has 0 radical (unpaired) electrons. The van der Waals surface area contributed by atoms with E-state index in [2.05, 4.69) is 0 Å². The van der Waals surface area contributed by atoms with Gasteiger partial charge in [-0.1, -0.05) is 6.07 Å². The number of carboxylic acids is 1. The summed E-state index contributed by atoms with van der Waals surface area (Å²) in [5.74, 6) is -2.36. The van der Waals surface area contributed by atoms with E-state index in [-0.39, 0.29) is 18.9 Å². The van der Waals surface area contributed by atoms with Crippen LogP contribution in [0.15, 0.2) is 18.2 Å². The molecule has 0 aliphatic carbocycles. The predicted molar refractivity (Wildman–Crippen MR) is 59.2 cm³/mol. The normalized spacial score (nSPS) is 19.8. The van der Waals surface area contributed by atoms with Crippen LogP contribution in [-0.4, -0.2) is 23.5 Å². The summed E-state index contributed by atoms with van der Waals surface area (Å²) in [5.41, 5.74) is 0.825. The second kappa shape index (κ2) is 4.16. The molecule has 0 spiro atoms. The van der Waals surface area contributed by atoms with Crippen molar-refractivity contribution in [3.8, 4) is 0 Å². The van der Waals surface area contributed by atoms with Gasteiger partial charge in [-0.25, -0.2) is 4.39 Å². The van der Waals surface area contributed by atoms with Crippen LogP contribution < -0.4 is 4.90 Å². The van der Waals surface area contributed by atoms with Crippen molar-refractivity contribution in [1.29, 1.82) is 0 Å². The fourth-order valence-electron chi connectivity index (χ4n) is 1.99. The fourth-order valence-corrected chi connectivity index (χ4v) is 1.99. The zero-order chi connectivity index (χ0) is 12.6. The van der Waals surface area contributed by atoms with Gasteiger partial charge < -0.3 is 10.0 Å². The number of carboxylic acid groups (broad SMARTS) is 1. The largest absolute Gasteiger partial charge is 0.481 e. The first kappa shape index (κ1) is 11.6. The van der Waals surface area contributed by atoms with Crippen molar-refractivity contribution in [3.05, 3.63) is 29.6 Å². The zero-order valence-electron chi connectivity index (χ0n) is 9.31. The van der Waals surface area contributed by atoms with Gasteiger partial charge in [-0.3, -0.25) is 9.59 Å². The van der Waals surface area contributed by atoms with Crippen LogP contribution in [0.1, 0.15) is 12.0 Å². The van der Waals surface area contributed by atoms with Gasteiger partial charge in [0.2, 0.25) is 5.91 Å². The van der Waals surface area contributed by atoms with Gasteiger partial charge in [0.25, 0.3) is 0 Å². The SMILES string of the molecule is Cc1c(F)cccc1N1CC(C(=O)O)CC1=O. The first-order valence-corrected chi connectivity index (χ1v) is 5.29. The van der Waals surface area contributed by atoms with Gasteiger partial charge in [0.1, 0.15) is 5.82 Å². The highest BCUT2D eigenvalue weighted by Crippen LogP contribution is 2.28. The molecule has 0 saturated carbocycles. The Labute approximate surface area is 97.7 Å². The molecule has 1 heterocycles. The van der Waals surface area contributed by atoms with Gasteiger partial charge in [-0.2, -0.15) is 0 Å². The summed E-state index contributed by atoms with van der Waals surface area (Å²) >= 11 is 0. The number of benzene rings is 1. The summed E-state index contributed by atoms with van der Waals surface area (Å²) in [4.78, 5) is 23.9. The molecule has 1 fully saturated rings. The van der Waals surface area contributed by atoms with Crippen LogP contribution in [0.5, 0.6) is 0 Å². The van der Waals surface area contributed by atoms with Crippen LogP contribution in [0.2, 0.25) is 0 Å². The van der Waals surface area contributed by atoms with E-state index in [1.807, 2.05) is 0 Å². The maximum atomic E-state index is 13.4. The van der Waals surface area contributed by atoms with Crippen molar-refractivity contribution in [2.24, 2.45) is 5.92 Å². The van der Waals surface area contributed by atoms with Crippen molar-refractivity contribution >= 4 is 17.6 Å². The Morgan fingerprint density at radius 2 is 2.24 bits per heavy atom. The summed E-state index contributed by atoms with van der Waals surface area (Å²) in [6, 6.07) is 4.45. The minimum atomic E-state index is -0.991. The molecule has 1 saturated heterocycles. The van der Waals surface area contributed by atoms with E-state index in [0.717, 1.165) is 0 Å². The number of aliphatic carboxylic acids is 1. The van der Waals surface area contributed by atoms with E-state index in [0.29, 0.717) is 11.3 Å². The first-order valence-electron chi connectivity index (χ1n) is 5.29. The lowest BCUT2D eigenvalue weighted by molar-refractivity contribution is -0.141. The number of halogens is 1. The third-order valence-electron chi connectivity index (χ3n) is 3.00. The van der Waals surface area contributed by atoms with Crippen molar-refractivity contribution in [3.63, 3.8) is 0 Å². The fraction of sp³-hybridized carbons (Fsp3) is 0.333. The molecule has 1 unspecified atom stereocenters. The third kappa shape index (κ3) is 2.00. The highest BCUT2D eigenvalue weighted by atomic mass is 19.1. The van der Waals surface area contributed by atoms with Crippen LogP contribution in [0.25, 0.3) is 0 Å². The highest BCUT2D eigenvalue weighted by Gasteiger charge is 2.35. The van der Waals surface area contributed by atoms with Crippen molar-refractivity contribution < 1.29 is 19.1 Å². The molecule has 1 aliphatic rings. The van der Waals surface area contributed by atoms with Crippen molar-refractivity contribution in [1.82, 2.24) is 0 Å². The van der Waals surface area contributed by atoms with Crippen LogP contribution in [0.3, 0.4) is 0 Å². The van der Waals surface area contributed by atoms with Gasteiger partial charge in [-0.05, 0) is 19.1 Å². The van der Waals surface area contributed by atoms with E-state index in [1.54, 1.807) is 13.0 Å². The molecule has 0 aromatic heterocycles. The molecule has 4 nitrogen and oxygen atoms in total. The second-order valence-corrected chi connectivity index (χ2v) is 4.13.